The van der Waals surface area contributed by atoms with Gasteiger partial charge >= 0.3 is 0 Å². The van der Waals surface area contributed by atoms with Crippen molar-refractivity contribution in [2.24, 2.45) is 0 Å². The number of hydrogen-bond acceptors (Lipinski definition) is 3. The number of aryl methyl sites for hydroxylation is 2. The maximum Gasteiger partial charge on any atom is 0.207 e. The van der Waals surface area contributed by atoms with E-state index in [0.717, 1.165) is 54.1 Å². The molecular weight excluding hydrogens is 286 g/mol. The lowest BCUT2D eigenvalue weighted by Crippen LogP contribution is -2.10. The average Bonchev–Trinajstić information content (AvgIpc) is 2.82. The lowest BCUT2D eigenvalue weighted by molar-refractivity contribution is 0.147. The van der Waals surface area contributed by atoms with Crippen LogP contribution in [0.4, 0.5) is 5.95 Å². The molecule has 0 unspecified atom stereocenters. The number of aromatic nitrogens is 2. The predicted octanol–water partition coefficient (Wildman–Crippen LogP) is 3.98. The van der Waals surface area contributed by atoms with Crippen LogP contribution in [0.2, 0.25) is 5.02 Å². The molecule has 4 nitrogen and oxygen atoms in total. The van der Waals surface area contributed by atoms with Gasteiger partial charge in [0.15, 0.2) is 0 Å². The number of ether oxygens (including phenoxy) is 1. The van der Waals surface area contributed by atoms with E-state index < -0.39 is 0 Å². The first-order valence-corrected chi connectivity index (χ1v) is 7.63. The molecule has 21 heavy (non-hydrogen) atoms. The van der Waals surface area contributed by atoms with Crippen molar-refractivity contribution in [3.8, 4) is 5.69 Å². The van der Waals surface area contributed by atoms with Crippen LogP contribution >= 0.6 is 11.6 Å². The Morgan fingerprint density at radius 3 is 2.90 bits per heavy atom. The SMILES string of the molecule is CCOCCCNc1nc(C)cn1-c1cc(Cl)ccc1C. The van der Waals surface area contributed by atoms with Gasteiger partial charge in [-0.2, -0.15) is 0 Å². The summed E-state index contributed by atoms with van der Waals surface area (Å²) in [5.74, 6) is 0.842. The molecule has 0 aliphatic rings. The highest BCUT2D eigenvalue weighted by atomic mass is 35.5. The van der Waals surface area contributed by atoms with Gasteiger partial charge in [-0.1, -0.05) is 17.7 Å². The van der Waals surface area contributed by atoms with Crippen molar-refractivity contribution in [2.75, 3.05) is 25.1 Å². The Hall–Kier alpha value is -1.52. The van der Waals surface area contributed by atoms with E-state index in [1.54, 1.807) is 0 Å². The van der Waals surface area contributed by atoms with Crippen molar-refractivity contribution in [3.05, 3.63) is 40.7 Å². The molecule has 2 aromatic rings. The van der Waals surface area contributed by atoms with E-state index in [0.29, 0.717) is 0 Å². The number of hydrogen-bond donors (Lipinski definition) is 1. The minimum absolute atomic E-state index is 0.726. The monoisotopic (exact) mass is 307 g/mol. The third-order valence-corrected chi connectivity index (χ3v) is 3.44. The van der Waals surface area contributed by atoms with Crippen LogP contribution in [0.15, 0.2) is 24.4 Å². The Kier molecular flexibility index (Phi) is 5.65. The summed E-state index contributed by atoms with van der Waals surface area (Å²) in [5.41, 5.74) is 3.19. The van der Waals surface area contributed by atoms with Gasteiger partial charge in [0.1, 0.15) is 0 Å². The number of anilines is 1. The van der Waals surface area contributed by atoms with Crippen LogP contribution in [0.25, 0.3) is 5.69 Å². The van der Waals surface area contributed by atoms with Crippen molar-refractivity contribution >= 4 is 17.5 Å². The first-order chi connectivity index (χ1) is 10.1. The van der Waals surface area contributed by atoms with Gasteiger partial charge in [0, 0.05) is 31.0 Å². The van der Waals surface area contributed by atoms with Gasteiger partial charge in [0.2, 0.25) is 5.95 Å². The quantitative estimate of drug-likeness (QED) is 0.786. The van der Waals surface area contributed by atoms with E-state index in [4.69, 9.17) is 16.3 Å². The Morgan fingerprint density at radius 1 is 1.33 bits per heavy atom. The zero-order valence-electron chi connectivity index (χ0n) is 12.8. The highest BCUT2D eigenvalue weighted by Crippen LogP contribution is 2.23. The molecular formula is C16H22ClN3O. The van der Waals surface area contributed by atoms with Crippen LogP contribution in [0.3, 0.4) is 0 Å². The third kappa shape index (κ3) is 4.22. The molecule has 1 heterocycles. The summed E-state index contributed by atoms with van der Waals surface area (Å²) in [6.45, 7) is 8.41. The maximum absolute atomic E-state index is 6.12. The largest absolute Gasteiger partial charge is 0.382 e. The molecule has 0 radical (unpaired) electrons. The lowest BCUT2D eigenvalue weighted by Gasteiger charge is -2.12. The van der Waals surface area contributed by atoms with Crippen molar-refractivity contribution in [1.29, 1.82) is 0 Å². The molecule has 0 saturated carbocycles. The van der Waals surface area contributed by atoms with Crippen molar-refractivity contribution in [3.63, 3.8) is 0 Å². The zero-order valence-corrected chi connectivity index (χ0v) is 13.6. The molecule has 1 aromatic carbocycles. The molecule has 0 saturated heterocycles. The molecule has 2 rings (SSSR count). The molecule has 0 aliphatic heterocycles. The second kappa shape index (κ2) is 7.48. The van der Waals surface area contributed by atoms with Crippen molar-refractivity contribution < 1.29 is 4.74 Å². The van der Waals surface area contributed by atoms with Gasteiger partial charge in [0.25, 0.3) is 0 Å². The first-order valence-electron chi connectivity index (χ1n) is 7.26. The van der Waals surface area contributed by atoms with E-state index in [-0.39, 0.29) is 0 Å². The Balaban J connectivity index is 2.14. The molecule has 1 aromatic heterocycles. The Morgan fingerprint density at radius 2 is 2.14 bits per heavy atom. The first kappa shape index (κ1) is 15.9. The maximum atomic E-state index is 6.12. The average molecular weight is 308 g/mol. The van der Waals surface area contributed by atoms with Crippen LogP contribution in [0.5, 0.6) is 0 Å². The van der Waals surface area contributed by atoms with Crippen LogP contribution < -0.4 is 5.32 Å². The van der Waals surface area contributed by atoms with Gasteiger partial charge in [-0.3, -0.25) is 4.57 Å². The second-order valence-corrected chi connectivity index (χ2v) is 5.42. The molecule has 5 heteroatoms. The fraction of sp³-hybridized carbons (Fsp3) is 0.438. The van der Waals surface area contributed by atoms with E-state index in [2.05, 4.69) is 21.8 Å². The summed E-state index contributed by atoms with van der Waals surface area (Å²) in [6.07, 6.45) is 2.97. The van der Waals surface area contributed by atoms with Crippen LogP contribution in [-0.2, 0) is 4.74 Å². The number of benzene rings is 1. The number of rotatable bonds is 7. The van der Waals surface area contributed by atoms with Crippen LogP contribution in [-0.4, -0.2) is 29.3 Å². The summed E-state index contributed by atoms with van der Waals surface area (Å²) in [6, 6.07) is 5.88. The number of halogens is 1. The minimum atomic E-state index is 0.726. The van der Waals surface area contributed by atoms with Gasteiger partial charge in [-0.15, -0.1) is 0 Å². The van der Waals surface area contributed by atoms with Crippen LogP contribution in [0, 0.1) is 13.8 Å². The molecule has 0 atom stereocenters. The molecule has 1 N–H and O–H groups in total. The van der Waals surface area contributed by atoms with E-state index in [1.165, 1.54) is 0 Å². The summed E-state index contributed by atoms with van der Waals surface area (Å²) >= 11 is 6.12. The van der Waals surface area contributed by atoms with Gasteiger partial charge < -0.3 is 10.1 Å². The lowest BCUT2D eigenvalue weighted by atomic mass is 10.2. The second-order valence-electron chi connectivity index (χ2n) is 4.98. The fourth-order valence-electron chi connectivity index (χ4n) is 2.17. The van der Waals surface area contributed by atoms with Crippen molar-refractivity contribution in [2.45, 2.75) is 27.2 Å². The van der Waals surface area contributed by atoms with Crippen molar-refractivity contribution in [1.82, 2.24) is 9.55 Å². The summed E-state index contributed by atoms with van der Waals surface area (Å²) in [4.78, 5) is 4.54. The van der Waals surface area contributed by atoms with E-state index in [9.17, 15) is 0 Å². The summed E-state index contributed by atoms with van der Waals surface area (Å²) < 4.78 is 7.39. The third-order valence-electron chi connectivity index (χ3n) is 3.21. The Labute approximate surface area is 131 Å². The van der Waals surface area contributed by atoms with E-state index >= 15 is 0 Å². The Bertz CT molecular complexity index is 595. The zero-order chi connectivity index (χ0) is 15.2. The molecule has 0 amide bonds. The summed E-state index contributed by atoms with van der Waals surface area (Å²) in [5, 5.41) is 4.09. The summed E-state index contributed by atoms with van der Waals surface area (Å²) in [7, 11) is 0. The number of nitrogens with zero attached hydrogens (tertiary/aromatic N) is 2. The molecule has 114 valence electrons. The number of imidazole rings is 1. The highest BCUT2D eigenvalue weighted by Gasteiger charge is 2.09. The number of nitrogens with one attached hydrogen (secondary N) is 1. The van der Waals surface area contributed by atoms with E-state index in [1.807, 2.05) is 38.2 Å². The minimum Gasteiger partial charge on any atom is -0.382 e. The predicted molar refractivity (Wildman–Crippen MR) is 87.6 cm³/mol. The fourth-order valence-corrected chi connectivity index (χ4v) is 2.33. The smallest absolute Gasteiger partial charge is 0.207 e. The standard InChI is InChI=1S/C16H22ClN3O/c1-4-21-9-5-8-18-16-19-13(3)11-20(16)15-10-14(17)7-6-12(15)2/h6-7,10-11H,4-5,8-9H2,1-3H3,(H,18,19). The molecule has 0 spiro atoms. The van der Waals surface area contributed by atoms with Gasteiger partial charge in [0.05, 0.1) is 11.4 Å². The molecule has 0 fully saturated rings. The molecule has 0 aliphatic carbocycles. The topological polar surface area (TPSA) is 39.1 Å². The normalized spacial score (nSPS) is 10.9. The van der Waals surface area contributed by atoms with Gasteiger partial charge in [-0.25, -0.2) is 4.98 Å². The molecule has 0 bridgehead atoms. The van der Waals surface area contributed by atoms with Crippen LogP contribution in [0.1, 0.15) is 24.6 Å². The highest BCUT2D eigenvalue weighted by molar-refractivity contribution is 6.30. The van der Waals surface area contributed by atoms with Gasteiger partial charge in [-0.05, 0) is 44.9 Å².